The van der Waals surface area contributed by atoms with Gasteiger partial charge in [0.15, 0.2) is 11.5 Å². The van der Waals surface area contributed by atoms with Gasteiger partial charge >= 0.3 is 5.97 Å². The number of ether oxygens (including phenoxy) is 3. The number of carbonyl (C=O) groups is 2. The lowest BCUT2D eigenvalue weighted by molar-refractivity contribution is -0.170. The van der Waals surface area contributed by atoms with Crippen molar-refractivity contribution in [3.8, 4) is 11.5 Å². The Morgan fingerprint density at radius 1 is 0.962 bits per heavy atom. The van der Waals surface area contributed by atoms with Gasteiger partial charge in [0.1, 0.15) is 6.10 Å². The maximum absolute atomic E-state index is 12.7. The van der Waals surface area contributed by atoms with Gasteiger partial charge in [-0.2, -0.15) is 0 Å². The van der Waals surface area contributed by atoms with Crippen LogP contribution >= 0.6 is 0 Å². The quantitative estimate of drug-likeness (QED) is 0.789. The number of amides is 1. The summed E-state index contributed by atoms with van der Waals surface area (Å²) >= 11 is 0. The molecule has 0 aliphatic carbocycles. The molecule has 26 heavy (non-hydrogen) atoms. The molecule has 0 saturated carbocycles. The summed E-state index contributed by atoms with van der Waals surface area (Å²) in [6, 6.07) is 16.0. The maximum Gasteiger partial charge on any atom is 0.352 e. The molecule has 0 spiro atoms. The Bertz CT molecular complexity index is 790. The lowest BCUT2D eigenvalue weighted by Crippen LogP contribution is -2.45. The van der Waals surface area contributed by atoms with Crippen LogP contribution in [0.4, 0.5) is 0 Å². The molecule has 0 fully saturated rings. The van der Waals surface area contributed by atoms with E-state index < -0.39 is 24.3 Å². The van der Waals surface area contributed by atoms with E-state index in [4.69, 9.17) is 14.2 Å². The number of rotatable bonds is 4. The number of hydrogen-bond acceptors (Lipinski definition) is 5. The molecule has 0 saturated heterocycles. The smallest absolute Gasteiger partial charge is 0.352 e. The molecule has 1 amide bonds. The van der Waals surface area contributed by atoms with Crippen LogP contribution < -0.4 is 9.47 Å². The monoisotopic (exact) mass is 355 g/mol. The Labute approximate surface area is 152 Å². The van der Waals surface area contributed by atoms with Gasteiger partial charge < -0.3 is 19.1 Å². The van der Waals surface area contributed by atoms with Crippen molar-refractivity contribution in [3.63, 3.8) is 0 Å². The summed E-state index contributed by atoms with van der Waals surface area (Å²) in [5, 5.41) is 0. The van der Waals surface area contributed by atoms with E-state index in [9.17, 15) is 9.59 Å². The summed E-state index contributed by atoms with van der Waals surface area (Å²) in [7, 11) is 3.23. The first-order chi connectivity index (χ1) is 12.5. The van der Waals surface area contributed by atoms with Crippen LogP contribution in [-0.4, -0.2) is 43.1 Å². The SMILES string of the molecule is CC1Oc2ccccc2OC1C(=O)OC(C(=O)N(C)C)c1ccccc1. The van der Waals surface area contributed by atoms with Crippen LogP contribution in [0.25, 0.3) is 0 Å². The zero-order chi connectivity index (χ0) is 18.7. The molecular formula is C20H21NO5. The van der Waals surface area contributed by atoms with Crippen LogP contribution in [0.3, 0.4) is 0 Å². The lowest BCUT2D eigenvalue weighted by Gasteiger charge is -2.31. The zero-order valence-electron chi connectivity index (χ0n) is 14.9. The summed E-state index contributed by atoms with van der Waals surface area (Å²) in [5.41, 5.74) is 0.601. The topological polar surface area (TPSA) is 65.1 Å². The average Bonchev–Trinajstić information content (AvgIpc) is 2.65. The van der Waals surface area contributed by atoms with Gasteiger partial charge in [0.05, 0.1) is 0 Å². The van der Waals surface area contributed by atoms with Crippen LogP contribution in [0.1, 0.15) is 18.6 Å². The van der Waals surface area contributed by atoms with Crippen molar-refractivity contribution in [1.82, 2.24) is 4.90 Å². The minimum atomic E-state index is -1.04. The lowest BCUT2D eigenvalue weighted by atomic mass is 10.1. The molecule has 6 nitrogen and oxygen atoms in total. The molecule has 2 aromatic carbocycles. The third-order valence-corrected chi connectivity index (χ3v) is 4.08. The Balaban J connectivity index is 1.81. The minimum absolute atomic E-state index is 0.325. The number of fused-ring (bicyclic) bond motifs is 1. The van der Waals surface area contributed by atoms with E-state index in [0.717, 1.165) is 0 Å². The molecular weight excluding hydrogens is 334 g/mol. The van der Waals surface area contributed by atoms with Gasteiger partial charge in [-0.15, -0.1) is 0 Å². The molecule has 1 heterocycles. The van der Waals surface area contributed by atoms with Gasteiger partial charge in [0.25, 0.3) is 5.91 Å². The molecule has 0 N–H and O–H groups in total. The van der Waals surface area contributed by atoms with E-state index in [1.807, 2.05) is 12.1 Å². The zero-order valence-corrected chi connectivity index (χ0v) is 14.9. The predicted octanol–water partition coefficient (Wildman–Crippen LogP) is 2.59. The fourth-order valence-electron chi connectivity index (χ4n) is 2.69. The molecule has 3 atom stereocenters. The van der Waals surface area contributed by atoms with E-state index in [0.29, 0.717) is 17.1 Å². The van der Waals surface area contributed by atoms with Gasteiger partial charge in [-0.3, -0.25) is 4.79 Å². The largest absolute Gasteiger partial charge is 0.482 e. The van der Waals surface area contributed by atoms with Crippen molar-refractivity contribution >= 4 is 11.9 Å². The highest BCUT2D eigenvalue weighted by atomic mass is 16.6. The van der Waals surface area contributed by atoms with Crippen molar-refractivity contribution in [3.05, 3.63) is 60.2 Å². The Kier molecular flexibility index (Phi) is 5.11. The number of benzene rings is 2. The van der Waals surface area contributed by atoms with Crippen molar-refractivity contribution in [2.75, 3.05) is 14.1 Å². The summed E-state index contributed by atoms with van der Waals surface area (Å²) in [5.74, 6) is 0.0844. The van der Waals surface area contributed by atoms with Crippen LogP contribution in [-0.2, 0) is 14.3 Å². The average molecular weight is 355 g/mol. The molecule has 3 rings (SSSR count). The van der Waals surface area contributed by atoms with Crippen molar-refractivity contribution < 1.29 is 23.8 Å². The van der Waals surface area contributed by atoms with Crippen LogP contribution in [0.5, 0.6) is 11.5 Å². The van der Waals surface area contributed by atoms with Crippen LogP contribution in [0, 0.1) is 0 Å². The third-order valence-electron chi connectivity index (χ3n) is 4.08. The second kappa shape index (κ2) is 7.47. The fourth-order valence-corrected chi connectivity index (χ4v) is 2.69. The Morgan fingerprint density at radius 3 is 2.15 bits per heavy atom. The molecule has 0 radical (unpaired) electrons. The predicted molar refractivity (Wildman–Crippen MR) is 94.9 cm³/mol. The summed E-state index contributed by atoms with van der Waals surface area (Å²) in [6.45, 7) is 1.73. The molecule has 1 aliphatic rings. The highest BCUT2D eigenvalue weighted by Crippen LogP contribution is 2.34. The molecule has 1 aliphatic heterocycles. The minimum Gasteiger partial charge on any atom is -0.482 e. The van der Waals surface area contributed by atoms with Crippen molar-refractivity contribution in [2.45, 2.75) is 25.2 Å². The highest BCUT2D eigenvalue weighted by molar-refractivity contribution is 5.86. The number of nitrogens with zero attached hydrogens (tertiary/aromatic N) is 1. The first kappa shape index (κ1) is 17.8. The second-order valence-electron chi connectivity index (χ2n) is 6.27. The van der Waals surface area contributed by atoms with E-state index in [1.165, 1.54) is 4.90 Å². The van der Waals surface area contributed by atoms with E-state index in [1.54, 1.807) is 63.5 Å². The van der Waals surface area contributed by atoms with Gasteiger partial charge in [-0.05, 0) is 19.1 Å². The van der Waals surface area contributed by atoms with Gasteiger partial charge in [0, 0.05) is 19.7 Å². The van der Waals surface area contributed by atoms with Gasteiger partial charge in [-0.1, -0.05) is 42.5 Å². The van der Waals surface area contributed by atoms with Gasteiger partial charge in [-0.25, -0.2) is 4.79 Å². The first-order valence-corrected chi connectivity index (χ1v) is 8.36. The number of para-hydroxylation sites is 2. The maximum atomic E-state index is 12.7. The Morgan fingerprint density at radius 2 is 1.54 bits per heavy atom. The molecule has 3 unspecified atom stereocenters. The Hall–Kier alpha value is -3.02. The standard InChI is InChI=1S/C20H21NO5/c1-13-17(25-16-12-8-7-11-15(16)24-13)20(23)26-18(19(22)21(2)3)14-9-5-4-6-10-14/h4-13,17-18H,1-3H3. The molecule has 6 heteroatoms. The summed E-state index contributed by atoms with van der Waals surface area (Å²) < 4.78 is 17.0. The molecule has 0 bridgehead atoms. The number of carbonyl (C=O) groups excluding carboxylic acids is 2. The number of likely N-dealkylation sites (N-methyl/N-ethyl adjacent to an activating group) is 1. The molecule has 0 aromatic heterocycles. The first-order valence-electron chi connectivity index (χ1n) is 8.36. The number of hydrogen-bond donors (Lipinski definition) is 0. The molecule has 136 valence electrons. The third kappa shape index (κ3) is 3.64. The van der Waals surface area contributed by atoms with Crippen LogP contribution in [0.2, 0.25) is 0 Å². The van der Waals surface area contributed by atoms with Crippen LogP contribution in [0.15, 0.2) is 54.6 Å². The van der Waals surface area contributed by atoms with Crippen molar-refractivity contribution in [2.24, 2.45) is 0 Å². The second-order valence-corrected chi connectivity index (χ2v) is 6.27. The van der Waals surface area contributed by atoms with Crippen molar-refractivity contribution in [1.29, 1.82) is 0 Å². The number of esters is 1. The van der Waals surface area contributed by atoms with E-state index >= 15 is 0 Å². The fraction of sp³-hybridized carbons (Fsp3) is 0.300. The van der Waals surface area contributed by atoms with E-state index in [2.05, 4.69) is 0 Å². The summed E-state index contributed by atoms with van der Waals surface area (Å²) in [6.07, 6.45) is -2.53. The highest BCUT2D eigenvalue weighted by Gasteiger charge is 2.38. The van der Waals surface area contributed by atoms with Gasteiger partial charge in [0.2, 0.25) is 12.2 Å². The van der Waals surface area contributed by atoms with E-state index in [-0.39, 0.29) is 5.91 Å². The summed E-state index contributed by atoms with van der Waals surface area (Å²) in [4.78, 5) is 26.6. The normalized spacial score (nSPS) is 19.3. The molecule has 2 aromatic rings.